The van der Waals surface area contributed by atoms with E-state index in [0.717, 1.165) is 17.4 Å². The summed E-state index contributed by atoms with van der Waals surface area (Å²) in [6, 6.07) is 7.04. The van der Waals surface area contributed by atoms with Crippen LogP contribution >= 0.6 is 0 Å². The lowest BCUT2D eigenvalue weighted by molar-refractivity contribution is -0.141. The fourth-order valence-corrected chi connectivity index (χ4v) is 3.79. The number of aromatic nitrogens is 5. The Morgan fingerprint density at radius 1 is 1.11 bits per heavy atom. The molecule has 4 heterocycles. The molecule has 192 valence electrons. The van der Waals surface area contributed by atoms with Crippen molar-refractivity contribution in [1.29, 1.82) is 0 Å². The second kappa shape index (κ2) is 9.78. The fourth-order valence-electron chi connectivity index (χ4n) is 3.79. The van der Waals surface area contributed by atoms with Crippen molar-refractivity contribution in [3.8, 4) is 11.8 Å². The molecule has 1 aliphatic heterocycles. The van der Waals surface area contributed by atoms with Crippen LogP contribution in [0.5, 0.6) is 0 Å². The number of fused-ring (bicyclic) bond motifs is 1. The number of alkyl halides is 3. The first kappa shape index (κ1) is 24.6. The second-order valence-electron chi connectivity index (χ2n) is 8.50. The molecule has 1 amide bonds. The summed E-state index contributed by atoms with van der Waals surface area (Å²) in [6.07, 6.45) is 4.87. The first-order chi connectivity index (χ1) is 18.2. The van der Waals surface area contributed by atoms with Gasteiger partial charge in [-0.05, 0) is 42.7 Å². The van der Waals surface area contributed by atoms with Gasteiger partial charge < -0.3 is 16.0 Å². The lowest BCUT2D eigenvalue weighted by atomic mass is 10.1. The highest BCUT2D eigenvalue weighted by atomic mass is 19.4. The summed E-state index contributed by atoms with van der Waals surface area (Å²) in [6.45, 7) is 1.87. The van der Waals surface area contributed by atoms with E-state index >= 15 is 0 Å². The number of nitrogens with zero attached hydrogens (tertiary/aromatic N) is 5. The van der Waals surface area contributed by atoms with Gasteiger partial charge in [-0.25, -0.2) is 4.98 Å². The number of benzene rings is 1. The Balaban J connectivity index is 1.35. The van der Waals surface area contributed by atoms with Gasteiger partial charge in [0.1, 0.15) is 11.4 Å². The van der Waals surface area contributed by atoms with E-state index in [-0.39, 0.29) is 11.7 Å². The summed E-state index contributed by atoms with van der Waals surface area (Å²) < 4.78 is 42.4. The molecule has 1 unspecified atom stereocenters. The van der Waals surface area contributed by atoms with Crippen LogP contribution in [0.15, 0.2) is 61.3 Å². The van der Waals surface area contributed by atoms with Gasteiger partial charge in [0.15, 0.2) is 12.0 Å². The van der Waals surface area contributed by atoms with E-state index in [4.69, 9.17) is 0 Å². The van der Waals surface area contributed by atoms with Crippen LogP contribution in [0, 0.1) is 18.8 Å². The summed E-state index contributed by atoms with van der Waals surface area (Å²) in [7, 11) is 1.83. The van der Waals surface area contributed by atoms with Gasteiger partial charge in [-0.3, -0.25) is 19.0 Å². The number of halogens is 3. The molecule has 0 fully saturated rings. The third-order valence-electron chi connectivity index (χ3n) is 5.72. The molecule has 0 saturated carbocycles. The number of aryl methyl sites for hydroxylation is 2. The van der Waals surface area contributed by atoms with Crippen molar-refractivity contribution in [2.24, 2.45) is 7.05 Å². The van der Waals surface area contributed by atoms with Crippen molar-refractivity contribution in [1.82, 2.24) is 29.6 Å². The van der Waals surface area contributed by atoms with Gasteiger partial charge in [0, 0.05) is 48.7 Å². The maximum Gasteiger partial charge on any atom is 0.433 e. The topological polar surface area (TPSA) is 102 Å². The Hall–Kier alpha value is -5.05. The van der Waals surface area contributed by atoms with Crippen LogP contribution in [-0.4, -0.2) is 30.2 Å². The minimum atomic E-state index is -4.64. The average molecular weight is 519 g/mol. The summed E-state index contributed by atoms with van der Waals surface area (Å²) in [4.78, 5) is 20.4. The minimum absolute atomic E-state index is 0.152. The zero-order valence-electron chi connectivity index (χ0n) is 20.2. The highest BCUT2D eigenvalue weighted by Gasteiger charge is 2.33. The minimum Gasteiger partial charge on any atom is -0.364 e. The van der Waals surface area contributed by atoms with Gasteiger partial charge in [0.2, 0.25) is 0 Å². The van der Waals surface area contributed by atoms with E-state index in [9.17, 15) is 18.0 Å². The van der Waals surface area contributed by atoms with Crippen molar-refractivity contribution in [3.05, 3.63) is 95.2 Å². The van der Waals surface area contributed by atoms with E-state index in [1.54, 1.807) is 41.5 Å². The van der Waals surface area contributed by atoms with Gasteiger partial charge in [0.25, 0.3) is 5.91 Å². The standard InChI is InChI=1S/C26H21F3N8O/c1-16-3-5-19(35-25(38)18-7-8-30-22(12-18)26(27,28)29)11-17(16)4-6-21-14-32-24-23(31-9-10-37(21)24)34-20-13-33-36(2)15-20/h3,5,7-15,23,31,34H,1-2H3,(H,35,38). The average Bonchev–Trinajstić information content (AvgIpc) is 3.50. The number of pyridine rings is 1. The zero-order chi connectivity index (χ0) is 26.9. The monoisotopic (exact) mass is 518 g/mol. The number of anilines is 2. The smallest absolute Gasteiger partial charge is 0.364 e. The molecule has 1 aliphatic rings. The Morgan fingerprint density at radius 3 is 2.71 bits per heavy atom. The van der Waals surface area contributed by atoms with Gasteiger partial charge in [0.05, 0.1) is 18.1 Å². The van der Waals surface area contributed by atoms with Gasteiger partial charge in [-0.1, -0.05) is 12.0 Å². The predicted molar refractivity (Wildman–Crippen MR) is 135 cm³/mol. The van der Waals surface area contributed by atoms with Crippen molar-refractivity contribution in [2.75, 3.05) is 10.6 Å². The van der Waals surface area contributed by atoms with Gasteiger partial charge >= 0.3 is 6.18 Å². The highest BCUT2D eigenvalue weighted by molar-refractivity contribution is 6.04. The maximum atomic E-state index is 13.0. The summed E-state index contributed by atoms with van der Waals surface area (Å²) >= 11 is 0. The summed E-state index contributed by atoms with van der Waals surface area (Å²) in [5.74, 6) is 6.25. The molecule has 0 spiro atoms. The van der Waals surface area contributed by atoms with Crippen LogP contribution in [0.4, 0.5) is 24.5 Å². The number of carbonyl (C=O) groups is 1. The summed E-state index contributed by atoms with van der Waals surface area (Å²) in [5.41, 5.74) is 2.11. The molecule has 3 N–H and O–H groups in total. The molecular weight excluding hydrogens is 497 g/mol. The van der Waals surface area contributed by atoms with Crippen molar-refractivity contribution < 1.29 is 18.0 Å². The molecule has 0 bridgehead atoms. The number of rotatable bonds is 4. The van der Waals surface area contributed by atoms with Gasteiger partial charge in [-0.2, -0.15) is 18.3 Å². The highest BCUT2D eigenvalue weighted by Crippen LogP contribution is 2.28. The number of nitrogens with one attached hydrogen (secondary N) is 3. The van der Waals surface area contributed by atoms with Crippen LogP contribution in [0.25, 0.3) is 6.20 Å². The Morgan fingerprint density at radius 2 is 1.95 bits per heavy atom. The molecule has 38 heavy (non-hydrogen) atoms. The van der Waals surface area contributed by atoms with Crippen LogP contribution in [-0.2, 0) is 13.2 Å². The number of hydrogen-bond acceptors (Lipinski definition) is 6. The molecule has 4 aromatic rings. The number of carbonyl (C=O) groups excluding carboxylic acids is 1. The van der Waals surface area contributed by atoms with Gasteiger partial charge in [-0.15, -0.1) is 0 Å². The molecule has 1 aromatic carbocycles. The lowest BCUT2D eigenvalue weighted by Crippen LogP contribution is -2.29. The quantitative estimate of drug-likeness (QED) is 0.351. The number of amides is 1. The number of hydrogen-bond donors (Lipinski definition) is 3. The predicted octanol–water partition coefficient (Wildman–Crippen LogP) is 4.13. The molecule has 0 radical (unpaired) electrons. The molecule has 1 atom stereocenters. The van der Waals surface area contributed by atoms with Crippen LogP contribution in [0.3, 0.4) is 0 Å². The van der Waals surface area contributed by atoms with Crippen LogP contribution in [0.1, 0.15) is 44.9 Å². The van der Waals surface area contributed by atoms with Crippen molar-refractivity contribution >= 4 is 23.5 Å². The SMILES string of the molecule is Cc1ccc(NC(=O)c2ccnc(C(F)(F)F)c2)cc1C#Cc1cnc2n1C=CNC2Nc1cnn(C)c1. The van der Waals surface area contributed by atoms with E-state index in [0.29, 0.717) is 28.8 Å². The zero-order valence-corrected chi connectivity index (χ0v) is 20.2. The first-order valence-electron chi connectivity index (χ1n) is 11.4. The van der Waals surface area contributed by atoms with E-state index in [1.807, 2.05) is 30.9 Å². The molecular formula is C26H21F3N8O. The third kappa shape index (κ3) is 5.22. The summed E-state index contributed by atoms with van der Waals surface area (Å²) in [5, 5.41) is 13.3. The number of imidazole rings is 1. The van der Waals surface area contributed by atoms with Crippen molar-refractivity contribution in [2.45, 2.75) is 19.3 Å². The molecule has 0 aliphatic carbocycles. The normalized spacial score (nSPS) is 14.2. The largest absolute Gasteiger partial charge is 0.433 e. The molecule has 5 rings (SSSR count). The van der Waals surface area contributed by atoms with E-state index in [1.165, 1.54) is 6.07 Å². The molecule has 3 aromatic heterocycles. The van der Waals surface area contributed by atoms with Crippen molar-refractivity contribution in [3.63, 3.8) is 0 Å². The molecule has 0 saturated heterocycles. The molecule has 12 heteroatoms. The Kier molecular flexibility index (Phi) is 6.34. The maximum absolute atomic E-state index is 13.0. The first-order valence-corrected chi connectivity index (χ1v) is 11.4. The van der Waals surface area contributed by atoms with E-state index < -0.39 is 17.8 Å². The third-order valence-corrected chi connectivity index (χ3v) is 5.72. The Labute approximate surface area is 215 Å². The van der Waals surface area contributed by atoms with E-state index in [2.05, 4.69) is 42.9 Å². The molecule has 9 nitrogen and oxygen atoms in total. The van der Waals surface area contributed by atoms with Crippen LogP contribution < -0.4 is 16.0 Å². The fraction of sp³-hybridized carbons (Fsp3) is 0.154. The Bertz CT molecular complexity index is 1610. The van der Waals surface area contributed by atoms with Crippen LogP contribution in [0.2, 0.25) is 0 Å². The lowest BCUT2D eigenvalue weighted by Gasteiger charge is -2.22. The second-order valence-corrected chi connectivity index (χ2v) is 8.50.